The van der Waals surface area contributed by atoms with E-state index in [1.54, 1.807) is 0 Å². The predicted octanol–water partition coefficient (Wildman–Crippen LogP) is 9.16. The predicted molar refractivity (Wildman–Crippen MR) is 221 cm³/mol. The highest BCUT2D eigenvalue weighted by atomic mass is 15.1. The van der Waals surface area contributed by atoms with Crippen LogP contribution in [-0.2, 0) is 0 Å². The molecule has 4 aliphatic heterocycles. The summed E-state index contributed by atoms with van der Waals surface area (Å²) in [5, 5.41) is 0. The zero-order valence-corrected chi connectivity index (χ0v) is 28.4. The Morgan fingerprint density at radius 1 is 0.269 bits per heavy atom. The lowest BCUT2D eigenvalue weighted by atomic mass is 9.42. The molecule has 0 radical (unpaired) electrons. The first kappa shape index (κ1) is 28.2. The van der Waals surface area contributed by atoms with Crippen LogP contribution < -0.4 is 31.5 Å². The maximum Gasteiger partial charge on any atom is 0.329 e. The minimum absolute atomic E-state index is 0.0710. The zero-order valence-electron chi connectivity index (χ0n) is 28.4. The molecule has 2 nitrogen and oxygen atoms in total. The lowest BCUT2D eigenvalue weighted by molar-refractivity contribution is 1.34. The normalized spacial score (nSPS) is 13.6. The van der Waals surface area contributed by atoms with Crippen LogP contribution in [0, 0.1) is 0 Å². The van der Waals surface area contributed by atoms with Crippen molar-refractivity contribution in [1.29, 1.82) is 0 Å². The Labute approximate surface area is 304 Å². The van der Waals surface area contributed by atoms with Gasteiger partial charge >= 0.3 is 13.7 Å². The lowest BCUT2D eigenvalue weighted by Gasteiger charge is -2.44. The molecular formula is C48H30B2N2. The van der Waals surface area contributed by atoms with Crippen molar-refractivity contribution >= 4 is 58.3 Å². The van der Waals surface area contributed by atoms with Crippen molar-refractivity contribution in [3.8, 4) is 55.6 Å². The third-order valence-corrected chi connectivity index (χ3v) is 11.9. The summed E-state index contributed by atoms with van der Waals surface area (Å²) in [6.45, 7) is 0.157. The van der Waals surface area contributed by atoms with Gasteiger partial charge in [0.15, 0.2) is 0 Å². The smallest absolute Gasteiger partial charge is 0.329 e. The largest absolute Gasteiger partial charge is 0.376 e. The summed E-state index contributed by atoms with van der Waals surface area (Å²) in [4.78, 5) is 5.15. The Balaban J connectivity index is 1.10. The Kier molecular flexibility index (Phi) is 5.70. The lowest BCUT2D eigenvalue weighted by Crippen LogP contribution is -2.59. The van der Waals surface area contributed by atoms with Crippen LogP contribution in [0.15, 0.2) is 182 Å². The van der Waals surface area contributed by atoms with E-state index in [0.29, 0.717) is 0 Å². The van der Waals surface area contributed by atoms with E-state index in [4.69, 9.17) is 0 Å². The molecule has 0 N–H and O–H groups in total. The number of benzene rings is 8. The second kappa shape index (κ2) is 10.5. The van der Waals surface area contributed by atoms with Crippen LogP contribution in [0.5, 0.6) is 0 Å². The summed E-state index contributed by atoms with van der Waals surface area (Å²) >= 11 is 0. The molecule has 4 aliphatic rings. The summed E-state index contributed by atoms with van der Waals surface area (Å²) in [6.07, 6.45) is 0. The van der Waals surface area contributed by atoms with Gasteiger partial charge in [-0.2, -0.15) is 0 Å². The van der Waals surface area contributed by atoms with Crippen molar-refractivity contribution < 1.29 is 0 Å². The van der Waals surface area contributed by atoms with E-state index in [9.17, 15) is 0 Å². The molecule has 52 heavy (non-hydrogen) atoms. The fraction of sp³-hybridized carbons (Fsp3) is 0. The molecule has 8 aromatic rings. The second-order valence-corrected chi connectivity index (χ2v) is 14.4. The molecule has 0 amide bonds. The van der Waals surface area contributed by atoms with E-state index in [0.717, 1.165) is 0 Å². The molecule has 0 atom stereocenters. The maximum absolute atomic E-state index is 2.58. The summed E-state index contributed by atoms with van der Waals surface area (Å²) in [6, 6.07) is 68.0. The average molecular weight is 656 g/mol. The molecular weight excluding hydrogens is 626 g/mol. The quantitative estimate of drug-likeness (QED) is 0.163. The van der Waals surface area contributed by atoms with Crippen molar-refractivity contribution in [2.24, 2.45) is 0 Å². The molecule has 0 spiro atoms. The molecule has 0 saturated heterocycles. The zero-order chi connectivity index (χ0) is 33.9. The molecule has 12 rings (SSSR count). The molecule has 0 aliphatic carbocycles. The van der Waals surface area contributed by atoms with E-state index < -0.39 is 0 Å². The molecule has 0 unspecified atom stereocenters. The second-order valence-electron chi connectivity index (χ2n) is 14.4. The first-order valence-corrected chi connectivity index (χ1v) is 18.3. The molecule has 238 valence electrons. The van der Waals surface area contributed by atoms with Gasteiger partial charge in [0.25, 0.3) is 0 Å². The molecule has 0 aromatic heterocycles. The van der Waals surface area contributed by atoms with Crippen LogP contribution in [0.3, 0.4) is 0 Å². The average Bonchev–Trinajstić information content (AvgIpc) is 3.23. The van der Waals surface area contributed by atoms with E-state index in [2.05, 4.69) is 192 Å². The van der Waals surface area contributed by atoms with Gasteiger partial charge < -0.3 is 9.62 Å². The van der Waals surface area contributed by atoms with Crippen molar-refractivity contribution in [2.75, 3.05) is 9.62 Å². The van der Waals surface area contributed by atoms with Gasteiger partial charge in [0.2, 0.25) is 0 Å². The van der Waals surface area contributed by atoms with Crippen LogP contribution in [0.2, 0.25) is 0 Å². The Hall–Kier alpha value is -6.51. The van der Waals surface area contributed by atoms with Gasteiger partial charge in [-0.3, -0.25) is 0 Å². The molecule has 4 heteroatoms. The first-order chi connectivity index (χ1) is 25.8. The standard InChI is InChI=1S/C48H30B2N2/c1-7-21-40-33(14-1)35-16-3-9-24-44(35)51-46-26-11-5-18-37(46)39-30-31(28-29-42(39)49(40)51)32-20-13-23-43-48(32)38-19-6-12-27-47(38)52-45-25-10-4-17-36(45)34-15-2-8-22-41(34)50(43)52/h1-30H. The van der Waals surface area contributed by atoms with Crippen LogP contribution in [0.1, 0.15) is 0 Å². The van der Waals surface area contributed by atoms with Gasteiger partial charge in [-0.05, 0) is 85.6 Å². The minimum atomic E-state index is 0.0710. The number of anilines is 4. The van der Waals surface area contributed by atoms with Crippen LogP contribution >= 0.6 is 0 Å². The van der Waals surface area contributed by atoms with E-state index >= 15 is 0 Å². The Morgan fingerprint density at radius 2 is 0.654 bits per heavy atom. The van der Waals surface area contributed by atoms with Crippen LogP contribution in [0.4, 0.5) is 22.7 Å². The number of rotatable bonds is 1. The molecule has 0 fully saturated rings. The third-order valence-electron chi connectivity index (χ3n) is 11.9. The van der Waals surface area contributed by atoms with Gasteiger partial charge in [-0.15, -0.1) is 0 Å². The summed E-state index contributed by atoms with van der Waals surface area (Å²) in [5.74, 6) is 0. The fourth-order valence-corrected chi connectivity index (χ4v) is 9.83. The summed E-state index contributed by atoms with van der Waals surface area (Å²) in [5.41, 5.74) is 23.4. The number of nitrogens with zero attached hydrogens (tertiary/aromatic N) is 2. The highest BCUT2D eigenvalue weighted by Gasteiger charge is 2.44. The van der Waals surface area contributed by atoms with Gasteiger partial charge in [-0.25, -0.2) is 0 Å². The first-order valence-electron chi connectivity index (χ1n) is 18.3. The fourth-order valence-electron chi connectivity index (χ4n) is 9.83. The van der Waals surface area contributed by atoms with Crippen molar-refractivity contribution in [2.45, 2.75) is 0 Å². The van der Waals surface area contributed by atoms with Gasteiger partial charge in [0, 0.05) is 45.0 Å². The molecule has 8 aromatic carbocycles. The number of hydrogen-bond acceptors (Lipinski definition) is 2. The van der Waals surface area contributed by atoms with Gasteiger partial charge in [-0.1, -0.05) is 152 Å². The van der Waals surface area contributed by atoms with Crippen molar-refractivity contribution in [3.05, 3.63) is 182 Å². The van der Waals surface area contributed by atoms with Gasteiger partial charge in [0.1, 0.15) is 0 Å². The molecule has 4 heterocycles. The Morgan fingerprint density at radius 3 is 1.23 bits per heavy atom. The topological polar surface area (TPSA) is 6.48 Å². The maximum atomic E-state index is 2.58. The Bertz CT molecular complexity index is 2800. The molecule has 0 bridgehead atoms. The highest BCUT2D eigenvalue weighted by Crippen LogP contribution is 2.49. The van der Waals surface area contributed by atoms with E-state index in [-0.39, 0.29) is 13.7 Å². The van der Waals surface area contributed by atoms with E-state index in [1.165, 1.54) is 100 Å². The monoisotopic (exact) mass is 656 g/mol. The third kappa shape index (κ3) is 3.66. The van der Waals surface area contributed by atoms with Crippen molar-refractivity contribution in [3.63, 3.8) is 0 Å². The summed E-state index contributed by atoms with van der Waals surface area (Å²) in [7, 11) is 0. The number of fused-ring (bicyclic) bond motifs is 22. The van der Waals surface area contributed by atoms with E-state index in [1.807, 2.05) is 0 Å². The highest BCUT2D eigenvalue weighted by molar-refractivity contribution is 6.93. The molecule has 0 saturated carbocycles. The number of hydrogen-bond donors (Lipinski definition) is 0. The van der Waals surface area contributed by atoms with Crippen molar-refractivity contribution in [1.82, 2.24) is 0 Å². The van der Waals surface area contributed by atoms with Crippen LogP contribution in [0.25, 0.3) is 55.6 Å². The number of para-hydroxylation sites is 4. The van der Waals surface area contributed by atoms with Crippen LogP contribution in [-0.4, -0.2) is 13.7 Å². The SMILES string of the molecule is c1ccc2c(c1)B1c3ccc(-c4cccc5c4-c4ccccc4N4B5c5ccccc5-c5ccccc54)cc3-c3ccccc3N1c1ccccc1-2. The minimum Gasteiger partial charge on any atom is -0.376 e. The van der Waals surface area contributed by atoms with Gasteiger partial charge in [0.05, 0.1) is 0 Å². The summed E-state index contributed by atoms with van der Waals surface area (Å²) < 4.78 is 0.